The Morgan fingerprint density at radius 3 is 2.53 bits per heavy atom. The van der Waals surface area contributed by atoms with Crippen molar-refractivity contribution < 1.29 is 9.23 Å². The molecule has 2 nitrogen and oxygen atoms in total. The van der Waals surface area contributed by atoms with E-state index >= 15 is 0 Å². The first-order valence-electron chi connectivity index (χ1n) is 5.03. The van der Waals surface area contributed by atoms with Crippen molar-refractivity contribution >= 4 is 12.4 Å². The number of rotatable bonds is 2. The Hall–Kier alpha value is -0.800. The minimum absolute atomic E-state index is 0. The lowest BCUT2D eigenvalue weighted by atomic mass is 10.2. The molecule has 0 aromatic heterocycles. The molecule has 1 heterocycles. The van der Waals surface area contributed by atoms with Crippen LogP contribution in [0, 0.1) is 5.82 Å². The standard InChI is InChI=1S/C11H14FNO.ClH/c12-10-5-4-6-11(9-10)14-13-7-2-1-3-8-13;/h4-6,9H,1-3,7-8H2;1H. The number of hydroxylamine groups is 2. The van der Waals surface area contributed by atoms with Gasteiger partial charge in [0.05, 0.1) is 0 Å². The SMILES string of the molecule is Cl.Fc1cccc(ON2CCCCC2)c1. The van der Waals surface area contributed by atoms with Crippen LogP contribution in [0.5, 0.6) is 5.75 Å². The van der Waals surface area contributed by atoms with E-state index in [-0.39, 0.29) is 18.2 Å². The van der Waals surface area contributed by atoms with Gasteiger partial charge in [0.15, 0.2) is 0 Å². The molecule has 0 saturated carbocycles. The molecule has 84 valence electrons. The topological polar surface area (TPSA) is 12.5 Å². The van der Waals surface area contributed by atoms with Crippen LogP contribution in [0.25, 0.3) is 0 Å². The van der Waals surface area contributed by atoms with Crippen LogP contribution in [-0.2, 0) is 0 Å². The monoisotopic (exact) mass is 231 g/mol. The largest absolute Gasteiger partial charge is 0.406 e. The summed E-state index contributed by atoms with van der Waals surface area (Å²) < 4.78 is 12.8. The summed E-state index contributed by atoms with van der Waals surface area (Å²) in [5.74, 6) is 0.339. The third kappa shape index (κ3) is 3.68. The molecule has 0 amide bonds. The molecule has 2 rings (SSSR count). The van der Waals surface area contributed by atoms with Crippen LogP contribution in [0.1, 0.15) is 19.3 Å². The van der Waals surface area contributed by atoms with Crippen LogP contribution < -0.4 is 4.84 Å². The average molecular weight is 232 g/mol. The van der Waals surface area contributed by atoms with E-state index in [1.807, 2.05) is 5.06 Å². The molecule has 0 atom stereocenters. The van der Waals surface area contributed by atoms with Crippen molar-refractivity contribution in [3.63, 3.8) is 0 Å². The van der Waals surface area contributed by atoms with E-state index in [4.69, 9.17) is 4.84 Å². The van der Waals surface area contributed by atoms with Crippen molar-refractivity contribution in [1.82, 2.24) is 5.06 Å². The van der Waals surface area contributed by atoms with Gasteiger partial charge in [-0.1, -0.05) is 12.5 Å². The number of halogens is 2. The van der Waals surface area contributed by atoms with E-state index in [2.05, 4.69) is 0 Å². The highest BCUT2D eigenvalue weighted by Gasteiger charge is 2.11. The average Bonchev–Trinajstić information content (AvgIpc) is 2.19. The van der Waals surface area contributed by atoms with Crippen LogP contribution >= 0.6 is 12.4 Å². The van der Waals surface area contributed by atoms with E-state index in [0.717, 1.165) is 25.9 Å². The first-order valence-corrected chi connectivity index (χ1v) is 5.03. The van der Waals surface area contributed by atoms with Crippen LogP contribution in [0.2, 0.25) is 0 Å². The van der Waals surface area contributed by atoms with E-state index in [1.165, 1.54) is 18.6 Å². The predicted octanol–water partition coefficient (Wildman–Crippen LogP) is 3.03. The van der Waals surface area contributed by atoms with E-state index in [1.54, 1.807) is 12.1 Å². The Morgan fingerprint density at radius 2 is 1.87 bits per heavy atom. The number of piperidine rings is 1. The molecule has 0 spiro atoms. The summed E-state index contributed by atoms with van der Waals surface area (Å²) in [4.78, 5) is 5.53. The molecular weight excluding hydrogens is 217 g/mol. The molecule has 1 aromatic carbocycles. The van der Waals surface area contributed by atoms with Gasteiger partial charge in [-0.2, -0.15) is 0 Å². The molecule has 0 bridgehead atoms. The Morgan fingerprint density at radius 1 is 1.13 bits per heavy atom. The van der Waals surface area contributed by atoms with Gasteiger partial charge >= 0.3 is 0 Å². The molecule has 0 N–H and O–H groups in total. The smallest absolute Gasteiger partial charge is 0.150 e. The first kappa shape index (κ1) is 12.3. The normalized spacial score (nSPS) is 16.9. The van der Waals surface area contributed by atoms with Crippen molar-refractivity contribution in [1.29, 1.82) is 0 Å². The number of benzene rings is 1. The molecule has 15 heavy (non-hydrogen) atoms. The zero-order chi connectivity index (χ0) is 9.80. The second kappa shape index (κ2) is 5.93. The summed E-state index contributed by atoms with van der Waals surface area (Å²) in [6.07, 6.45) is 3.59. The summed E-state index contributed by atoms with van der Waals surface area (Å²) in [6, 6.07) is 6.27. The van der Waals surface area contributed by atoms with Crippen molar-refractivity contribution in [2.45, 2.75) is 19.3 Å². The van der Waals surface area contributed by atoms with Crippen LogP contribution in [0.3, 0.4) is 0 Å². The van der Waals surface area contributed by atoms with Crippen molar-refractivity contribution in [3.8, 4) is 5.75 Å². The highest BCUT2D eigenvalue weighted by molar-refractivity contribution is 5.85. The molecule has 1 aliphatic heterocycles. The number of hydrogen-bond donors (Lipinski definition) is 0. The molecule has 1 aliphatic rings. The van der Waals surface area contributed by atoms with Crippen molar-refractivity contribution in [2.75, 3.05) is 13.1 Å². The highest BCUT2D eigenvalue weighted by atomic mass is 35.5. The Balaban J connectivity index is 0.00000112. The maximum Gasteiger partial charge on any atom is 0.150 e. The second-order valence-electron chi connectivity index (χ2n) is 3.54. The van der Waals surface area contributed by atoms with Crippen LogP contribution in [-0.4, -0.2) is 18.2 Å². The fourth-order valence-corrected chi connectivity index (χ4v) is 1.63. The van der Waals surface area contributed by atoms with Gasteiger partial charge in [-0.15, -0.1) is 17.5 Å². The lowest BCUT2D eigenvalue weighted by molar-refractivity contribution is -0.0721. The molecule has 0 aliphatic carbocycles. The molecular formula is C11H15ClFNO. The molecule has 4 heteroatoms. The molecule has 1 saturated heterocycles. The maximum atomic E-state index is 12.8. The fraction of sp³-hybridized carbons (Fsp3) is 0.455. The van der Waals surface area contributed by atoms with Gasteiger partial charge in [-0.05, 0) is 25.0 Å². The van der Waals surface area contributed by atoms with E-state index in [9.17, 15) is 4.39 Å². The number of nitrogens with zero attached hydrogens (tertiary/aromatic N) is 1. The van der Waals surface area contributed by atoms with Gasteiger partial charge in [-0.3, -0.25) is 0 Å². The lowest BCUT2D eigenvalue weighted by Gasteiger charge is -2.25. The highest BCUT2D eigenvalue weighted by Crippen LogP contribution is 2.16. The zero-order valence-electron chi connectivity index (χ0n) is 8.49. The predicted molar refractivity (Wildman–Crippen MR) is 59.7 cm³/mol. The third-order valence-corrected chi connectivity index (χ3v) is 2.35. The molecule has 0 unspecified atom stereocenters. The number of hydrogen-bond acceptors (Lipinski definition) is 2. The van der Waals surface area contributed by atoms with Gasteiger partial charge in [0.2, 0.25) is 0 Å². The summed E-state index contributed by atoms with van der Waals surface area (Å²) in [7, 11) is 0. The maximum absolute atomic E-state index is 12.8. The molecule has 0 radical (unpaired) electrons. The van der Waals surface area contributed by atoms with E-state index in [0.29, 0.717) is 5.75 Å². The minimum atomic E-state index is -0.250. The van der Waals surface area contributed by atoms with E-state index < -0.39 is 0 Å². The molecule has 1 aromatic rings. The summed E-state index contributed by atoms with van der Waals surface area (Å²) >= 11 is 0. The minimum Gasteiger partial charge on any atom is -0.406 e. The second-order valence-corrected chi connectivity index (χ2v) is 3.54. The van der Waals surface area contributed by atoms with Gasteiger partial charge in [0.1, 0.15) is 11.6 Å². The zero-order valence-corrected chi connectivity index (χ0v) is 9.30. The fourth-order valence-electron chi connectivity index (χ4n) is 1.63. The Bertz CT molecular complexity index is 302. The summed E-state index contributed by atoms with van der Waals surface area (Å²) in [6.45, 7) is 1.88. The summed E-state index contributed by atoms with van der Waals surface area (Å²) in [5.41, 5.74) is 0. The third-order valence-electron chi connectivity index (χ3n) is 2.35. The van der Waals surface area contributed by atoms with Crippen molar-refractivity contribution in [3.05, 3.63) is 30.1 Å². The first-order chi connectivity index (χ1) is 6.84. The van der Waals surface area contributed by atoms with Crippen molar-refractivity contribution in [2.24, 2.45) is 0 Å². The van der Waals surface area contributed by atoms with Crippen LogP contribution in [0.15, 0.2) is 24.3 Å². The lowest BCUT2D eigenvalue weighted by Crippen LogP contribution is -2.32. The molecule has 1 fully saturated rings. The van der Waals surface area contributed by atoms with Gasteiger partial charge in [-0.25, -0.2) is 4.39 Å². The van der Waals surface area contributed by atoms with Gasteiger partial charge in [0, 0.05) is 19.2 Å². The summed E-state index contributed by atoms with van der Waals surface area (Å²) in [5, 5.41) is 1.90. The quantitative estimate of drug-likeness (QED) is 0.776. The Kier molecular flexibility index (Phi) is 4.85. The Labute approximate surface area is 95.4 Å². The van der Waals surface area contributed by atoms with Crippen LogP contribution in [0.4, 0.5) is 4.39 Å². The van der Waals surface area contributed by atoms with Gasteiger partial charge < -0.3 is 4.84 Å². The van der Waals surface area contributed by atoms with Gasteiger partial charge in [0.25, 0.3) is 0 Å².